The van der Waals surface area contributed by atoms with Gasteiger partial charge in [-0.05, 0) is 63.0 Å². The maximum atomic E-state index is 12.8. The molecule has 7 heteroatoms. The molecule has 4 rings (SSSR count). The molecule has 0 spiro atoms. The van der Waals surface area contributed by atoms with Gasteiger partial charge in [-0.3, -0.25) is 9.47 Å². The minimum Gasteiger partial charge on any atom is -0.492 e. The van der Waals surface area contributed by atoms with E-state index in [2.05, 4.69) is 9.88 Å². The van der Waals surface area contributed by atoms with Crippen molar-refractivity contribution in [3.63, 3.8) is 0 Å². The van der Waals surface area contributed by atoms with E-state index in [1.807, 2.05) is 42.4 Å². The minimum atomic E-state index is -0.00156. The first kappa shape index (κ1) is 23.6. The molecule has 2 aromatic rings. The number of nitrogens with zero attached hydrogens (tertiary/aromatic N) is 4. The highest BCUT2D eigenvalue weighted by molar-refractivity contribution is 5.85. The zero-order valence-corrected chi connectivity index (χ0v) is 19.4. The SMILES string of the molecule is CN(C(=O)n1cnc(-c2ccc(OCCN3CCCCC3)cc2)c1)C1CCCCC1.Cl. The smallest absolute Gasteiger partial charge is 0.329 e. The molecule has 2 fully saturated rings. The van der Waals surface area contributed by atoms with Crippen molar-refractivity contribution in [2.45, 2.75) is 57.4 Å². The Balaban J connectivity index is 0.00000272. The van der Waals surface area contributed by atoms with Crippen molar-refractivity contribution in [1.29, 1.82) is 0 Å². The molecule has 6 nitrogen and oxygen atoms in total. The largest absolute Gasteiger partial charge is 0.492 e. The average Bonchev–Trinajstić information content (AvgIpc) is 3.30. The van der Waals surface area contributed by atoms with Crippen LogP contribution in [0.25, 0.3) is 11.3 Å². The summed E-state index contributed by atoms with van der Waals surface area (Å²) < 4.78 is 7.52. The summed E-state index contributed by atoms with van der Waals surface area (Å²) in [6, 6.07) is 8.34. The lowest BCUT2D eigenvalue weighted by molar-refractivity contribution is 0.175. The fourth-order valence-corrected chi connectivity index (χ4v) is 4.58. The Morgan fingerprint density at radius 3 is 2.45 bits per heavy atom. The summed E-state index contributed by atoms with van der Waals surface area (Å²) in [5, 5.41) is 0. The molecule has 2 aliphatic rings. The van der Waals surface area contributed by atoms with Crippen LogP contribution in [0.4, 0.5) is 4.79 Å². The molecule has 1 saturated heterocycles. The maximum absolute atomic E-state index is 12.8. The van der Waals surface area contributed by atoms with Crippen molar-refractivity contribution < 1.29 is 9.53 Å². The summed E-state index contributed by atoms with van der Waals surface area (Å²) in [6.45, 7) is 4.10. The molecule has 0 bridgehead atoms. The third kappa shape index (κ3) is 6.23. The Kier molecular flexibility index (Phi) is 8.79. The van der Waals surface area contributed by atoms with E-state index in [-0.39, 0.29) is 18.4 Å². The monoisotopic (exact) mass is 446 g/mol. The third-order valence-corrected chi connectivity index (χ3v) is 6.50. The van der Waals surface area contributed by atoms with E-state index in [1.54, 1.807) is 10.9 Å². The van der Waals surface area contributed by atoms with Crippen molar-refractivity contribution in [3.8, 4) is 17.0 Å². The van der Waals surface area contributed by atoms with Gasteiger partial charge in [-0.15, -0.1) is 12.4 Å². The van der Waals surface area contributed by atoms with Crippen LogP contribution in [0, 0.1) is 0 Å². The molecule has 0 N–H and O–H groups in total. The first-order valence-corrected chi connectivity index (χ1v) is 11.5. The molecule has 0 radical (unpaired) electrons. The van der Waals surface area contributed by atoms with Gasteiger partial charge in [0, 0.05) is 31.4 Å². The number of benzene rings is 1. The molecule has 2 heterocycles. The number of hydrogen-bond donors (Lipinski definition) is 0. The lowest BCUT2D eigenvalue weighted by Crippen LogP contribution is -2.40. The number of rotatable bonds is 6. The van der Waals surface area contributed by atoms with Gasteiger partial charge >= 0.3 is 6.03 Å². The number of piperidine rings is 1. The summed E-state index contributed by atoms with van der Waals surface area (Å²) in [6.07, 6.45) is 13.3. The Hall–Kier alpha value is -2.05. The highest BCUT2D eigenvalue weighted by atomic mass is 35.5. The van der Waals surface area contributed by atoms with Crippen molar-refractivity contribution >= 4 is 18.4 Å². The number of aromatic nitrogens is 2. The van der Waals surface area contributed by atoms with Crippen LogP contribution in [0.15, 0.2) is 36.8 Å². The summed E-state index contributed by atoms with van der Waals surface area (Å²) >= 11 is 0. The number of imidazole rings is 1. The Bertz CT molecular complexity index is 811. The van der Waals surface area contributed by atoms with Crippen LogP contribution in [0.3, 0.4) is 0 Å². The van der Waals surface area contributed by atoms with E-state index >= 15 is 0 Å². The zero-order valence-electron chi connectivity index (χ0n) is 18.5. The van der Waals surface area contributed by atoms with Crippen LogP contribution in [-0.2, 0) is 0 Å². The second-order valence-electron chi connectivity index (χ2n) is 8.63. The van der Waals surface area contributed by atoms with E-state index in [1.165, 1.54) is 51.6 Å². The molecule has 1 aliphatic heterocycles. The lowest BCUT2D eigenvalue weighted by Gasteiger charge is -2.31. The van der Waals surface area contributed by atoms with Crippen molar-refractivity contribution in [3.05, 3.63) is 36.8 Å². The van der Waals surface area contributed by atoms with Crippen LogP contribution < -0.4 is 4.74 Å². The lowest BCUT2D eigenvalue weighted by atomic mass is 9.95. The molecule has 1 aromatic carbocycles. The van der Waals surface area contributed by atoms with Crippen LogP contribution in [-0.4, -0.2) is 64.7 Å². The minimum absolute atomic E-state index is 0. The number of halogens is 1. The van der Waals surface area contributed by atoms with E-state index < -0.39 is 0 Å². The molecular weight excluding hydrogens is 412 g/mol. The topological polar surface area (TPSA) is 50.6 Å². The second-order valence-corrected chi connectivity index (χ2v) is 8.63. The second kappa shape index (κ2) is 11.5. The Morgan fingerprint density at radius 1 is 1.06 bits per heavy atom. The molecular formula is C24H35ClN4O2. The number of amides is 1. The van der Waals surface area contributed by atoms with E-state index in [4.69, 9.17) is 4.74 Å². The van der Waals surface area contributed by atoms with Crippen LogP contribution in [0.2, 0.25) is 0 Å². The van der Waals surface area contributed by atoms with E-state index in [9.17, 15) is 4.79 Å². The number of ether oxygens (including phenoxy) is 1. The number of hydrogen-bond acceptors (Lipinski definition) is 4. The molecule has 1 aromatic heterocycles. The number of carbonyl (C=O) groups excluding carboxylic acids is 1. The third-order valence-electron chi connectivity index (χ3n) is 6.50. The quantitative estimate of drug-likeness (QED) is 0.621. The Morgan fingerprint density at radius 2 is 1.74 bits per heavy atom. The van der Waals surface area contributed by atoms with Crippen molar-refractivity contribution in [2.75, 3.05) is 33.3 Å². The molecule has 170 valence electrons. The molecule has 1 amide bonds. The van der Waals surface area contributed by atoms with Gasteiger partial charge in [0.1, 0.15) is 18.7 Å². The van der Waals surface area contributed by atoms with Crippen molar-refractivity contribution in [1.82, 2.24) is 19.4 Å². The Labute approximate surface area is 192 Å². The van der Waals surface area contributed by atoms with Crippen LogP contribution in [0.5, 0.6) is 5.75 Å². The van der Waals surface area contributed by atoms with Gasteiger partial charge in [0.05, 0.1) is 5.69 Å². The van der Waals surface area contributed by atoms with Crippen LogP contribution in [0.1, 0.15) is 51.4 Å². The van der Waals surface area contributed by atoms with Gasteiger partial charge in [0.2, 0.25) is 0 Å². The van der Waals surface area contributed by atoms with Crippen LogP contribution >= 0.6 is 12.4 Å². The summed E-state index contributed by atoms with van der Waals surface area (Å²) in [4.78, 5) is 21.6. The van der Waals surface area contributed by atoms with Gasteiger partial charge in [0.25, 0.3) is 0 Å². The highest BCUT2D eigenvalue weighted by Crippen LogP contribution is 2.24. The standard InChI is InChI=1S/C24H34N4O2.ClH/c1-26(21-8-4-2-5-9-21)24(29)28-18-23(25-19-28)20-10-12-22(13-11-20)30-17-16-27-14-6-3-7-15-27;/h10-13,18-19,21H,2-9,14-17H2,1H3;1H. The fourth-order valence-electron chi connectivity index (χ4n) is 4.58. The average molecular weight is 447 g/mol. The predicted octanol–water partition coefficient (Wildman–Crippen LogP) is 5.07. The van der Waals surface area contributed by atoms with E-state index in [0.29, 0.717) is 6.04 Å². The van der Waals surface area contributed by atoms with Gasteiger partial charge in [-0.2, -0.15) is 0 Å². The summed E-state index contributed by atoms with van der Waals surface area (Å²) in [7, 11) is 1.91. The number of carbonyl (C=O) groups is 1. The maximum Gasteiger partial charge on any atom is 0.329 e. The highest BCUT2D eigenvalue weighted by Gasteiger charge is 2.23. The van der Waals surface area contributed by atoms with Gasteiger partial charge in [0.15, 0.2) is 0 Å². The van der Waals surface area contributed by atoms with Gasteiger partial charge in [-0.1, -0.05) is 25.7 Å². The predicted molar refractivity (Wildman–Crippen MR) is 126 cm³/mol. The summed E-state index contributed by atoms with van der Waals surface area (Å²) in [5.74, 6) is 0.878. The first-order valence-electron chi connectivity index (χ1n) is 11.5. The number of likely N-dealkylation sites (tertiary alicyclic amines) is 1. The molecule has 0 atom stereocenters. The first-order chi connectivity index (χ1) is 14.7. The summed E-state index contributed by atoms with van der Waals surface area (Å²) in [5.41, 5.74) is 1.80. The van der Waals surface area contributed by atoms with Crippen molar-refractivity contribution in [2.24, 2.45) is 0 Å². The normalized spacial score (nSPS) is 17.7. The molecule has 0 unspecified atom stereocenters. The van der Waals surface area contributed by atoms with E-state index in [0.717, 1.165) is 43.0 Å². The zero-order chi connectivity index (χ0) is 20.8. The fraction of sp³-hybridized carbons (Fsp3) is 0.583. The van der Waals surface area contributed by atoms with Gasteiger partial charge in [-0.25, -0.2) is 9.78 Å². The molecule has 31 heavy (non-hydrogen) atoms. The molecule has 1 aliphatic carbocycles. The molecule has 1 saturated carbocycles. The van der Waals surface area contributed by atoms with Gasteiger partial charge < -0.3 is 9.64 Å².